The van der Waals surface area contributed by atoms with Gasteiger partial charge in [-0.05, 0) is 37.6 Å². The maximum absolute atomic E-state index is 12.5. The summed E-state index contributed by atoms with van der Waals surface area (Å²) in [7, 11) is 0. The van der Waals surface area contributed by atoms with Crippen LogP contribution in [0.25, 0.3) is 11.0 Å². The maximum atomic E-state index is 12.5. The Hall–Kier alpha value is -3.41. The summed E-state index contributed by atoms with van der Waals surface area (Å²) < 4.78 is 10.8. The average Bonchev–Trinajstić information content (AvgIpc) is 3.29. The number of carbonyl (C=O) groups is 3. The number of Topliss-reactive ketones (excluding diaryl/α,β-unsaturated/α-hetero) is 1. The first-order valence-corrected chi connectivity index (χ1v) is 9.13. The van der Waals surface area contributed by atoms with Gasteiger partial charge >= 0.3 is 5.97 Å². The van der Waals surface area contributed by atoms with Crippen molar-refractivity contribution in [3.8, 4) is 0 Å². The lowest BCUT2D eigenvalue weighted by Gasteiger charge is -2.16. The van der Waals surface area contributed by atoms with Crippen LogP contribution in [0, 0.1) is 6.92 Å². The number of hydrogen-bond acceptors (Lipinski definition) is 5. The van der Waals surface area contributed by atoms with Crippen LogP contribution in [-0.2, 0) is 9.53 Å². The molecule has 1 aliphatic rings. The van der Waals surface area contributed by atoms with Crippen molar-refractivity contribution >= 4 is 34.3 Å². The summed E-state index contributed by atoms with van der Waals surface area (Å²) in [5.74, 6) is -0.769. The van der Waals surface area contributed by atoms with E-state index in [4.69, 9.17) is 9.15 Å². The summed E-state index contributed by atoms with van der Waals surface area (Å²) in [5, 5.41) is 0.861. The second-order valence-corrected chi connectivity index (χ2v) is 6.75. The molecular formula is C22H19NO5. The second kappa shape index (κ2) is 7.31. The van der Waals surface area contributed by atoms with E-state index in [0.717, 1.165) is 17.4 Å². The van der Waals surface area contributed by atoms with Gasteiger partial charge in [0.05, 0.1) is 5.56 Å². The molecule has 28 heavy (non-hydrogen) atoms. The molecule has 4 rings (SSSR count). The van der Waals surface area contributed by atoms with E-state index >= 15 is 0 Å². The molecule has 0 N–H and O–H groups in total. The molecule has 142 valence electrons. The van der Waals surface area contributed by atoms with Gasteiger partial charge in [-0.15, -0.1) is 0 Å². The second-order valence-electron chi connectivity index (χ2n) is 6.75. The minimum atomic E-state index is -0.615. The SMILES string of the molecule is Cc1c(C(=O)COC(=O)c2cccc(N3CCCC3=O)c2)oc2ccccc12. The fourth-order valence-corrected chi connectivity index (χ4v) is 3.44. The number of nitrogens with zero attached hydrogens (tertiary/aromatic N) is 1. The quantitative estimate of drug-likeness (QED) is 0.498. The summed E-state index contributed by atoms with van der Waals surface area (Å²) in [6.07, 6.45) is 1.32. The molecule has 0 unspecified atom stereocenters. The van der Waals surface area contributed by atoms with Crippen LogP contribution in [0.3, 0.4) is 0 Å². The average molecular weight is 377 g/mol. The van der Waals surface area contributed by atoms with Gasteiger partial charge in [0.25, 0.3) is 0 Å². The molecular weight excluding hydrogens is 358 g/mol. The highest BCUT2D eigenvalue weighted by atomic mass is 16.5. The number of furan rings is 1. The molecule has 0 bridgehead atoms. The van der Waals surface area contributed by atoms with Crippen LogP contribution in [0.15, 0.2) is 52.9 Å². The Kier molecular flexibility index (Phi) is 4.69. The normalized spacial score (nSPS) is 13.9. The van der Waals surface area contributed by atoms with E-state index in [9.17, 15) is 14.4 Å². The van der Waals surface area contributed by atoms with Gasteiger partial charge < -0.3 is 14.1 Å². The summed E-state index contributed by atoms with van der Waals surface area (Å²) >= 11 is 0. The van der Waals surface area contributed by atoms with Gasteiger partial charge in [-0.25, -0.2) is 4.79 Å². The molecule has 1 amide bonds. The molecule has 0 saturated carbocycles. The largest absolute Gasteiger partial charge is 0.454 e. The minimum absolute atomic E-state index is 0.0426. The number of amides is 1. The number of hydrogen-bond donors (Lipinski definition) is 0. The molecule has 0 spiro atoms. The standard InChI is InChI=1S/C22H19NO5/c1-14-17-8-2-3-9-19(17)28-21(14)18(24)13-27-22(26)15-6-4-7-16(12-15)23-11-5-10-20(23)25/h2-4,6-9,12H,5,10-11,13H2,1H3. The molecule has 1 fully saturated rings. The summed E-state index contributed by atoms with van der Waals surface area (Å²) in [4.78, 5) is 38.4. The number of anilines is 1. The lowest BCUT2D eigenvalue weighted by atomic mass is 10.1. The van der Waals surface area contributed by atoms with Crippen molar-refractivity contribution < 1.29 is 23.5 Å². The number of aryl methyl sites for hydroxylation is 1. The Bertz CT molecular complexity index is 1080. The zero-order chi connectivity index (χ0) is 19.7. The first-order chi connectivity index (χ1) is 13.5. The van der Waals surface area contributed by atoms with Crippen molar-refractivity contribution in [1.82, 2.24) is 0 Å². The van der Waals surface area contributed by atoms with Crippen LogP contribution in [0.2, 0.25) is 0 Å². The van der Waals surface area contributed by atoms with Gasteiger partial charge in [-0.2, -0.15) is 0 Å². The highest BCUT2D eigenvalue weighted by Gasteiger charge is 2.23. The number of carbonyl (C=O) groups excluding carboxylic acids is 3. The number of rotatable bonds is 5. The molecule has 6 nitrogen and oxygen atoms in total. The predicted molar refractivity (Wildman–Crippen MR) is 104 cm³/mol. The lowest BCUT2D eigenvalue weighted by molar-refractivity contribution is -0.117. The highest BCUT2D eigenvalue weighted by molar-refractivity contribution is 6.02. The molecule has 2 heterocycles. The van der Waals surface area contributed by atoms with Crippen LogP contribution in [0.1, 0.15) is 39.3 Å². The van der Waals surface area contributed by atoms with E-state index in [1.807, 2.05) is 18.2 Å². The number of benzene rings is 2. The van der Waals surface area contributed by atoms with Crippen molar-refractivity contribution in [2.45, 2.75) is 19.8 Å². The van der Waals surface area contributed by atoms with Crippen molar-refractivity contribution in [2.75, 3.05) is 18.1 Å². The zero-order valence-corrected chi connectivity index (χ0v) is 15.4. The predicted octanol–water partition coefficient (Wildman–Crippen LogP) is 3.91. The number of ketones is 1. The maximum Gasteiger partial charge on any atom is 0.338 e. The van der Waals surface area contributed by atoms with Crippen LogP contribution in [-0.4, -0.2) is 30.8 Å². The van der Waals surface area contributed by atoms with E-state index < -0.39 is 18.4 Å². The third-order valence-electron chi connectivity index (χ3n) is 4.90. The number of fused-ring (bicyclic) bond motifs is 1. The Morgan fingerprint density at radius 3 is 2.71 bits per heavy atom. The molecule has 3 aromatic rings. The highest BCUT2D eigenvalue weighted by Crippen LogP contribution is 2.26. The molecule has 1 aliphatic heterocycles. The molecule has 0 aliphatic carbocycles. The fourth-order valence-electron chi connectivity index (χ4n) is 3.44. The van der Waals surface area contributed by atoms with E-state index in [0.29, 0.717) is 29.8 Å². The number of ether oxygens (including phenoxy) is 1. The first kappa shape index (κ1) is 18.0. The first-order valence-electron chi connectivity index (χ1n) is 9.13. The van der Waals surface area contributed by atoms with Crippen molar-refractivity contribution in [1.29, 1.82) is 0 Å². The molecule has 0 radical (unpaired) electrons. The van der Waals surface area contributed by atoms with Crippen LogP contribution in [0.4, 0.5) is 5.69 Å². The zero-order valence-electron chi connectivity index (χ0n) is 15.4. The van der Waals surface area contributed by atoms with Crippen molar-refractivity contribution in [3.05, 3.63) is 65.4 Å². The number of esters is 1. The third kappa shape index (κ3) is 3.29. The van der Waals surface area contributed by atoms with Gasteiger partial charge in [-0.1, -0.05) is 24.3 Å². The van der Waals surface area contributed by atoms with Crippen LogP contribution < -0.4 is 4.90 Å². The molecule has 1 saturated heterocycles. The number of para-hydroxylation sites is 1. The topological polar surface area (TPSA) is 76.8 Å². The van der Waals surface area contributed by atoms with Gasteiger partial charge in [0.15, 0.2) is 12.4 Å². The minimum Gasteiger partial charge on any atom is -0.454 e. The Morgan fingerprint density at radius 1 is 1.14 bits per heavy atom. The summed E-state index contributed by atoms with van der Waals surface area (Å²) in [6.45, 7) is 2.03. The van der Waals surface area contributed by atoms with Crippen LogP contribution >= 0.6 is 0 Å². The Morgan fingerprint density at radius 2 is 1.96 bits per heavy atom. The molecule has 0 atom stereocenters. The lowest BCUT2D eigenvalue weighted by Crippen LogP contribution is -2.24. The van der Waals surface area contributed by atoms with Crippen molar-refractivity contribution in [2.24, 2.45) is 0 Å². The van der Waals surface area contributed by atoms with E-state index in [1.165, 1.54) is 0 Å². The van der Waals surface area contributed by atoms with Gasteiger partial charge in [0.1, 0.15) is 5.58 Å². The Labute approximate surface area is 161 Å². The van der Waals surface area contributed by atoms with Gasteiger partial charge in [0, 0.05) is 29.6 Å². The van der Waals surface area contributed by atoms with E-state index in [-0.39, 0.29) is 11.7 Å². The monoisotopic (exact) mass is 377 g/mol. The summed E-state index contributed by atoms with van der Waals surface area (Å²) in [5.41, 5.74) is 2.31. The molecule has 1 aromatic heterocycles. The summed E-state index contributed by atoms with van der Waals surface area (Å²) in [6, 6.07) is 14.1. The van der Waals surface area contributed by atoms with E-state index in [1.54, 1.807) is 42.2 Å². The fraction of sp³-hybridized carbons (Fsp3) is 0.227. The Balaban J connectivity index is 1.46. The smallest absolute Gasteiger partial charge is 0.338 e. The molecule has 2 aromatic carbocycles. The third-order valence-corrected chi connectivity index (χ3v) is 4.90. The van der Waals surface area contributed by atoms with Crippen LogP contribution in [0.5, 0.6) is 0 Å². The molecule has 6 heteroatoms. The van der Waals surface area contributed by atoms with Gasteiger partial charge in [-0.3, -0.25) is 9.59 Å². The van der Waals surface area contributed by atoms with Gasteiger partial charge in [0.2, 0.25) is 11.7 Å². The van der Waals surface area contributed by atoms with Crippen molar-refractivity contribution in [3.63, 3.8) is 0 Å². The van der Waals surface area contributed by atoms with E-state index in [2.05, 4.69) is 0 Å².